The molecule has 0 aliphatic carbocycles. The van der Waals surface area contributed by atoms with Gasteiger partial charge in [-0.15, -0.1) is 25.3 Å². The topological polar surface area (TPSA) is 95.9 Å². The first-order valence-electron chi connectivity index (χ1n) is 14.2. The molecule has 7 nitrogen and oxygen atoms in total. The van der Waals surface area contributed by atoms with Gasteiger partial charge >= 0.3 is 5.97 Å². The third-order valence-electron chi connectivity index (χ3n) is 7.01. The Hall–Kier alpha value is -3.43. The second kappa shape index (κ2) is 16.3. The number of amides is 1. The number of nitrogens with one attached hydrogen (secondary N) is 1. The molecule has 0 fully saturated rings. The Balaban J connectivity index is 1.76. The van der Waals surface area contributed by atoms with Gasteiger partial charge in [0.1, 0.15) is 11.8 Å². The van der Waals surface area contributed by atoms with Crippen LogP contribution < -0.4 is 15.0 Å². The number of ketones is 1. The highest BCUT2D eigenvalue weighted by Gasteiger charge is 2.26. The van der Waals surface area contributed by atoms with Crippen molar-refractivity contribution in [1.29, 1.82) is 0 Å². The van der Waals surface area contributed by atoms with Crippen molar-refractivity contribution >= 4 is 54.3 Å². The fourth-order valence-electron chi connectivity index (χ4n) is 4.63. The molecule has 3 aromatic carbocycles. The van der Waals surface area contributed by atoms with Crippen molar-refractivity contribution in [2.75, 3.05) is 18.1 Å². The zero-order valence-corrected chi connectivity index (χ0v) is 26.1. The number of Topliss-reactive ketones (excluding diaryl/α,β-unsaturated/α-hetero) is 1. The minimum Gasteiger partial charge on any atom is -0.483 e. The summed E-state index contributed by atoms with van der Waals surface area (Å²) in [4.78, 5) is 40.7. The predicted molar refractivity (Wildman–Crippen MR) is 172 cm³/mol. The molecule has 0 saturated heterocycles. The molecule has 2 N–H and O–H groups in total. The van der Waals surface area contributed by atoms with E-state index in [1.165, 1.54) is 13.3 Å². The number of ether oxygens (including phenoxy) is 1. The summed E-state index contributed by atoms with van der Waals surface area (Å²) in [5.74, 6) is -2.01. The number of nitrogens with zero attached hydrogens (tertiary/aromatic N) is 1. The molecular formula is C33H40N2O5S2. The van der Waals surface area contributed by atoms with Gasteiger partial charge in [0.05, 0.1) is 11.6 Å². The number of para-hydroxylation sites is 1. The Morgan fingerprint density at radius 2 is 1.60 bits per heavy atom. The van der Waals surface area contributed by atoms with E-state index in [9.17, 15) is 19.5 Å². The lowest BCUT2D eigenvalue weighted by Gasteiger charge is -2.30. The molecule has 1 unspecified atom stereocenters. The van der Waals surface area contributed by atoms with E-state index in [0.29, 0.717) is 27.0 Å². The lowest BCUT2D eigenvalue weighted by molar-refractivity contribution is -0.143. The summed E-state index contributed by atoms with van der Waals surface area (Å²) in [5.41, 5.74) is 2.50. The molecule has 3 aromatic rings. The first-order valence-corrected chi connectivity index (χ1v) is 15.1. The van der Waals surface area contributed by atoms with Gasteiger partial charge in [0.2, 0.25) is 0 Å². The van der Waals surface area contributed by atoms with E-state index in [-0.39, 0.29) is 13.0 Å². The molecule has 0 radical (unpaired) electrons. The molecule has 9 heteroatoms. The lowest BCUT2D eigenvalue weighted by Crippen LogP contribution is -2.37. The van der Waals surface area contributed by atoms with Gasteiger partial charge in [-0.3, -0.25) is 14.4 Å². The molecule has 0 aliphatic heterocycles. The van der Waals surface area contributed by atoms with E-state index in [1.54, 1.807) is 36.4 Å². The molecule has 0 aliphatic rings. The third kappa shape index (κ3) is 9.56. The van der Waals surface area contributed by atoms with Gasteiger partial charge < -0.3 is 20.1 Å². The summed E-state index contributed by atoms with van der Waals surface area (Å²) in [5, 5.41) is 12.0. The van der Waals surface area contributed by atoms with Crippen LogP contribution in [0.4, 0.5) is 11.4 Å². The van der Waals surface area contributed by atoms with E-state index in [4.69, 9.17) is 17.4 Å². The SMILES string of the molecule is CCCCC(C)CN(c1ccccc1)c1cc(S)c(OCC(=O)N[C@@H](C(=O)C[C@@H](C)C(=O)O)c2ccccc2)cc1S. The highest BCUT2D eigenvalue weighted by molar-refractivity contribution is 7.81. The van der Waals surface area contributed by atoms with Crippen LogP contribution in [0.15, 0.2) is 82.6 Å². The van der Waals surface area contributed by atoms with E-state index in [2.05, 4.69) is 48.8 Å². The molecule has 0 spiro atoms. The number of rotatable bonds is 16. The van der Waals surface area contributed by atoms with Crippen LogP contribution in [0.25, 0.3) is 0 Å². The quantitative estimate of drug-likeness (QED) is 0.129. The number of carbonyl (C=O) groups is 3. The zero-order valence-electron chi connectivity index (χ0n) is 24.3. The summed E-state index contributed by atoms with van der Waals surface area (Å²) in [6.45, 7) is 6.35. The number of carboxylic acid groups (broad SMARTS) is 1. The second-order valence-corrected chi connectivity index (χ2v) is 11.6. The summed E-state index contributed by atoms with van der Waals surface area (Å²) < 4.78 is 5.83. The monoisotopic (exact) mass is 608 g/mol. The van der Waals surface area contributed by atoms with E-state index >= 15 is 0 Å². The maximum absolute atomic E-state index is 13.0. The molecule has 224 valence electrons. The molecule has 3 atom stereocenters. The fraction of sp³-hybridized carbons (Fsp3) is 0.364. The van der Waals surface area contributed by atoms with Crippen molar-refractivity contribution in [1.82, 2.24) is 5.32 Å². The second-order valence-electron chi connectivity index (χ2n) is 10.6. The molecule has 3 rings (SSSR count). The lowest BCUT2D eigenvalue weighted by atomic mass is 9.95. The Labute approximate surface area is 259 Å². The Morgan fingerprint density at radius 1 is 0.952 bits per heavy atom. The normalized spacial score (nSPS) is 13.1. The van der Waals surface area contributed by atoms with Crippen LogP contribution in [0.3, 0.4) is 0 Å². The van der Waals surface area contributed by atoms with Crippen LogP contribution in [-0.2, 0) is 14.4 Å². The smallest absolute Gasteiger partial charge is 0.306 e. The van der Waals surface area contributed by atoms with E-state index in [1.807, 2.05) is 24.3 Å². The minimum absolute atomic E-state index is 0.212. The van der Waals surface area contributed by atoms with Gasteiger partial charge in [-0.25, -0.2) is 0 Å². The summed E-state index contributed by atoms with van der Waals surface area (Å²) in [6, 6.07) is 21.5. The van der Waals surface area contributed by atoms with E-state index in [0.717, 1.165) is 30.8 Å². The van der Waals surface area contributed by atoms with Crippen molar-refractivity contribution in [2.45, 2.75) is 62.3 Å². The Bertz CT molecular complexity index is 1340. The molecule has 42 heavy (non-hydrogen) atoms. The number of carbonyl (C=O) groups excluding carboxylic acids is 2. The summed E-state index contributed by atoms with van der Waals surface area (Å²) in [6.07, 6.45) is 3.22. The van der Waals surface area contributed by atoms with Gasteiger partial charge in [-0.2, -0.15) is 0 Å². The standard InChI is InChI=1S/C33H40N2O5S2/c1-4-5-12-22(2)20-35(25-15-10-7-11-16-25)26-18-30(42)28(19-29(26)41)40-21-31(37)34-32(24-13-8-6-9-14-24)27(36)17-23(3)33(38)39/h6-11,13-16,18-19,22-23,32,41-42H,4-5,12,17,20-21H2,1-3H3,(H,34,37)(H,38,39)/t22?,23-,32-/m1/s1. The number of benzene rings is 3. The fourth-order valence-corrected chi connectivity index (χ4v) is 5.19. The number of anilines is 2. The van der Waals surface area contributed by atoms with Crippen molar-refractivity contribution in [3.8, 4) is 5.75 Å². The van der Waals surface area contributed by atoms with Crippen LogP contribution in [-0.4, -0.2) is 35.9 Å². The van der Waals surface area contributed by atoms with Crippen LogP contribution in [0.2, 0.25) is 0 Å². The van der Waals surface area contributed by atoms with Crippen LogP contribution in [0.5, 0.6) is 5.75 Å². The highest BCUT2D eigenvalue weighted by atomic mass is 32.1. The summed E-state index contributed by atoms with van der Waals surface area (Å²) >= 11 is 9.43. The van der Waals surface area contributed by atoms with Crippen molar-refractivity contribution in [2.24, 2.45) is 11.8 Å². The number of unbranched alkanes of at least 4 members (excludes halogenated alkanes) is 1. The number of hydrogen-bond donors (Lipinski definition) is 4. The molecule has 1 amide bonds. The number of aliphatic carboxylic acids is 1. The minimum atomic E-state index is -1.07. The summed E-state index contributed by atoms with van der Waals surface area (Å²) in [7, 11) is 0. The Morgan fingerprint density at radius 3 is 2.21 bits per heavy atom. The highest BCUT2D eigenvalue weighted by Crippen LogP contribution is 2.38. The first kappa shape index (κ1) is 33.1. The number of carboxylic acids is 1. The number of thiol groups is 2. The average Bonchev–Trinajstić information content (AvgIpc) is 2.98. The van der Waals surface area contributed by atoms with Crippen molar-refractivity contribution in [3.63, 3.8) is 0 Å². The third-order valence-corrected chi connectivity index (χ3v) is 7.72. The van der Waals surface area contributed by atoms with Gasteiger partial charge in [0.15, 0.2) is 12.4 Å². The van der Waals surface area contributed by atoms with Crippen LogP contribution in [0.1, 0.15) is 58.1 Å². The zero-order chi connectivity index (χ0) is 30.6. The molecule has 0 saturated carbocycles. The average molecular weight is 609 g/mol. The molecule has 0 heterocycles. The van der Waals surface area contributed by atoms with Gasteiger partial charge in [-0.05, 0) is 42.2 Å². The number of hydrogen-bond acceptors (Lipinski definition) is 7. The van der Waals surface area contributed by atoms with Crippen molar-refractivity contribution in [3.05, 3.63) is 78.4 Å². The van der Waals surface area contributed by atoms with Crippen LogP contribution in [0, 0.1) is 11.8 Å². The van der Waals surface area contributed by atoms with E-state index < -0.39 is 29.6 Å². The maximum atomic E-state index is 13.0. The molecule has 0 bridgehead atoms. The molecular weight excluding hydrogens is 569 g/mol. The van der Waals surface area contributed by atoms with Gasteiger partial charge in [0.25, 0.3) is 5.91 Å². The van der Waals surface area contributed by atoms with Gasteiger partial charge in [0, 0.05) is 28.4 Å². The van der Waals surface area contributed by atoms with Gasteiger partial charge in [-0.1, -0.05) is 82.1 Å². The largest absolute Gasteiger partial charge is 0.483 e. The molecule has 0 aromatic heterocycles. The van der Waals surface area contributed by atoms with Crippen LogP contribution >= 0.6 is 25.3 Å². The predicted octanol–water partition coefficient (Wildman–Crippen LogP) is 7.14. The maximum Gasteiger partial charge on any atom is 0.306 e. The first-order chi connectivity index (χ1) is 20.1. The van der Waals surface area contributed by atoms with Crippen molar-refractivity contribution < 1.29 is 24.2 Å². The Kier molecular flexibility index (Phi) is 12.8.